The van der Waals surface area contributed by atoms with Crippen molar-refractivity contribution >= 4 is 0 Å². The van der Waals surface area contributed by atoms with Gasteiger partial charge in [0.25, 0.3) is 0 Å². The number of hydrogen-bond donors (Lipinski definition) is 0. The molecule has 0 atom stereocenters. The first-order valence-electron chi connectivity index (χ1n) is 6.30. The molecule has 2 rings (SSSR count). The Kier molecular flexibility index (Phi) is 9.37. The summed E-state index contributed by atoms with van der Waals surface area (Å²) in [6.07, 6.45) is 8.21. The minimum atomic E-state index is 0. The van der Waals surface area contributed by atoms with E-state index in [9.17, 15) is 0 Å². The minimum absolute atomic E-state index is 0. The average Bonchev–Trinajstić information content (AvgIpc) is 2.88. The van der Waals surface area contributed by atoms with E-state index in [0.717, 1.165) is 17.9 Å². The van der Waals surface area contributed by atoms with Crippen LogP contribution in [0.3, 0.4) is 0 Å². The quantitative estimate of drug-likeness (QED) is 0.413. The molecule has 0 nitrogen and oxygen atoms in total. The second kappa shape index (κ2) is 9.88. The summed E-state index contributed by atoms with van der Waals surface area (Å²) in [5.74, 6) is 7.60. The van der Waals surface area contributed by atoms with Crippen LogP contribution in [-0.2, 0) is 19.5 Å². The van der Waals surface area contributed by atoms with Gasteiger partial charge in [-0.3, -0.25) is 0 Å². The van der Waals surface area contributed by atoms with Crippen molar-refractivity contribution in [3.8, 4) is 11.8 Å². The first-order chi connectivity index (χ1) is 8.38. The van der Waals surface area contributed by atoms with Gasteiger partial charge in [0.05, 0.1) is 0 Å². The van der Waals surface area contributed by atoms with Crippen molar-refractivity contribution in [2.75, 3.05) is 0 Å². The van der Waals surface area contributed by atoms with Crippen LogP contribution < -0.4 is 0 Å². The predicted molar refractivity (Wildman–Crippen MR) is 79.5 cm³/mol. The Morgan fingerprint density at radius 1 is 1.16 bits per heavy atom. The molecule has 1 aliphatic carbocycles. The van der Waals surface area contributed by atoms with Gasteiger partial charge in [0.2, 0.25) is 0 Å². The van der Waals surface area contributed by atoms with Crippen molar-refractivity contribution in [3.05, 3.63) is 67.8 Å². The van der Waals surface area contributed by atoms with Gasteiger partial charge in [0.1, 0.15) is 0 Å². The summed E-state index contributed by atoms with van der Waals surface area (Å²) in [5.41, 5.74) is 2.62. The summed E-state index contributed by atoms with van der Waals surface area (Å²) in [6, 6.07) is 10.1. The largest absolute Gasteiger partial charge is 3.00 e. The van der Waals surface area contributed by atoms with Crippen molar-refractivity contribution in [2.45, 2.75) is 32.1 Å². The molecule has 1 aromatic carbocycles. The van der Waals surface area contributed by atoms with Crippen molar-refractivity contribution in [2.24, 2.45) is 0 Å². The topological polar surface area (TPSA) is 0 Å². The normalized spacial score (nSPS) is 12.6. The maximum absolute atomic E-state index is 3.96. The van der Waals surface area contributed by atoms with E-state index in [2.05, 4.69) is 24.8 Å². The molecule has 0 radical (unpaired) electrons. The molecule has 102 valence electrons. The van der Waals surface area contributed by atoms with E-state index in [0.29, 0.717) is 0 Å². The van der Waals surface area contributed by atoms with Crippen LogP contribution in [-0.4, -0.2) is 0 Å². The van der Waals surface area contributed by atoms with Gasteiger partial charge in [0, 0.05) is 0 Å². The van der Waals surface area contributed by atoms with Gasteiger partial charge in [-0.15, -0.1) is 5.92 Å². The van der Waals surface area contributed by atoms with Gasteiger partial charge in [0.15, 0.2) is 0 Å². The molecule has 19 heavy (non-hydrogen) atoms. The smallest absolute Gasteiger partial charge is 0.358 e. The van der Waals surface area contributed by atoms with Crippen molar-refractivity contribution in [3.63, 3.8) is 0 Å². The fraction of sp³-hybridized carbons (Fsp3) is 0.278. The third-order valence-corrected chi connectivity index (χ3v) is 3.03. The van der Waals surface area contributed by atoms with Crippen molar-refractivity contribution in [1.82, 2.24) is 0 Å². The van der Waals surface area contributed by atoms with Gasteiger partial charge in [-0.2, -0.15) is 18.1 Å². The Morgan fingerprint density at radius 2 is 1.79 bits per heavy atom. The maximum Gasteiger partial charge on any atom is 3.00 e. The van der Waals surface area contributed by atoms with E-state index in [4.69, 9.17) is 0 Å². The molecule has 1 heteroatoms. The summed E-state index contributed by atoms with van der Waals surface area (Å²) in [6.45, 7) is 3.96. The molecular formula is C18H21Rh. The number of benzene rings is 1. The van der Waals surface area contributed by atoms with Gasteiger partial charge >= 0.3 is 19.5 Å². The Labute approximate surface area is 131 Å². The molecule has 1 aliphatic rings. The van der Waals surface area contributed by atoms with Crippen LogP contribution >= 0.6 is 0 Å². The summed E-state index contributed by atoms with van der Waals surface area (Å²) in [7, 11) is 0. The van der Waals surface area contributed by atoms with E-state index >= 15 is 0 Å². The minimum Gasteiger partial charge on any atom is -0.358 e. The fourth-order valence-electron chi connectivity index (χ4n) is 2.06. The molecule has 0 heterocycles. The Bertz CT molecular complexity index is 426. The second-order valence-electron chi connectivity index (χ2n) is 4.40. The monoisotopic (exact) mass is 340 g/mol. The summed E-state index contributed by atoms with van der Waals surface area (Å²) < 4.78 is 0. The molecule has 1 fully saturated rings. The SMILES string of the molecule is [CH2-]C[C-](C#Cc1ccccc1)C=C1CCCC1.[CH3-].[Rh+3]. The maximum atomic E-state index is 3.96. The summed E-state index contributed by atoms with van der Waals surface area (Å²) in [4.78, 5) is 0. The van der Waals surface area contributed by atoms with E-state index in [1.807, 2.05) is 30.3 Å². The van der Waals surface area contributed by atoms with Crippen LogP contribution in [0, 0.1) is 32.1 Å². The van der Waals surface area contributed by atoms with E-state index in [1.54, 1.807) is 5.57 Å². The van der Waals surface area contributed by atoms with Crippen LogP contribution in [0.5, 0.6) is 0 Å². The number of rotatable bonds is 2. The zero-order valence-electron chi connectivity index (χ0n) is 11.5. The third kappa shape index (κ3) is 6.13. The van der Waals surface area contributed by atoms with Gasteiger partial charge in [-0.05, 0) is 5.56 Å². The summed E-state index contributed by atoms with van der Waals surface area (Å²) >= 11 is 0. The average molecular weight is 340 g/mol. The zero-order valence-corrected chi connectivity index (χ0v) is 13.2. The third-order valence-electron chi connectivity index (χ3n) is 3.03. The molecule has 0 N–H and O–H groups in total. The Balaban J connectivity index is 0.00000162. The summed E-state index contributed by atoms with van der Waals surface area (Å²) in [5, 5.41) is 0. The zero-order chi connectivity index (χ0) is 11.9. The molecule has 1 aromatic rings. The van der Waals surface area contributed by atoms with Gasteiger partial charge in [-0.1, -0.05) is 56.0 Å². The molecule has 0 amide bonds. The molecule has 0 saturated heterocycles. The molecule has 0 unspecified atom stereocenters. The Hall–Kier alpha value is -0.987. The van der Waals surface area contributed by atoms with E-state index in [-0.39, 0.29) is 26.9 Å². The fourth-order valence-corrected chi connectivity index (χ4v) is 2.06. The molecule has 0 aromatic heterocycles. The van der Waals surface area contributed by atoms with Crippen LogP contribution in [0.1, 0.15) is 37.7 Å². The first kappa shape index (κ1) is 18.0. The van der Waals surface area contributed by atoms with E-state index in [1.165, 1.54) is 25.7 Å². The van der Waals surface area contributed by atoms with Crippen LogP contribution in [0.2, 0.25) is 0 Å². The molecule has 0 spiro atoms. The van der Waals surface area contributed by atoms with E-state index < -0.39 is 0 Å². The van der Waals surface area contributed by atoms with Crippen molar-refractivity contribution < 1.29 is 19.5 Å². The van der Waals surface area contributed by atoms with Gasteiger partial charge in [-0.25, -0.2) is 11.8 Å². The molecule has 1 saturated carbocycles. The standard InChI is InChI=1S/C17H18.CH3.Rh/c1-2-15(14-17-10-6-7-11-17)12-13-16-8-4-3-5-9-16;;/h3-5,8-9,14H,1-2,6-7,10-11H2;1H3;/q-2;-1;+3. The molecule has 0 bridgehead atoms. The molecule has 0 aliphatic heterocycles. The second-order valence-corrected chi connectivity index (χ2v) is 4.40. The first-order valence-corrected chi connectivity index (χ1v) is 6.30. The van der Waals surface area contributed by atoms with Crippen LogP contribution in [0.4, 0.5) is 0 Å². The number of allylic oxidation sites excluding steroid dienone is 2. The number of hydrogen-bond acceptors (Lipinski definition) is 0. The van der Waals surface area contributed by atoms with Crippen LogP contribution in [0.25, 0.3) is 0 Å². The molecular weight excluding hydrogens is 319 g/mol. The van der Waals surface area contributed by atoms with Crippen molar-refractivity contribution in [1.29, 1.82) is 0 Å². The van der Waals surface area contributed by atoms with Crippen LogP contribution in [0.15, 0.2) is 42.0 Å². The van der Waals surface area contributed by atoms with Gasteiger partial charge < -0.3 is 14.4 Å². The predicted octanol–water partition coefficient (Wildman–Crippen LogP) is 4.78. The Morgan fingerprint density at radius 3 is 2.37 bits per heavy atom.